The maximum atomic E-state index is 12.8. The molecule has 0 radical (unpaired) electrons. The van der Waals surface area contributed by atoms with Gasteiger partial charge in [-0.15, -0.1) is 0 Å². The van der Waals surface area contributed by atoms with E-state index in [1.165, 1.54) is 0 Å². The Kier molecular flexibility index (Phi) is 6.12. The maximum absolute atomic E-state index is 12.8. The van der Waals surface area contributed by atoms with Gasteiger partial charge in [0.05, 0.1) is 13.2 Å². The standard InChI is InChI=1S/C18H32N2O4/c1-13-6-8-14(9-7-13)19(5)16(21)15-12-20(10-11-23-15)17(22)24-18(2,3)4/h13-15H,6-12H2,1-5H3/t13?,14?,15-/m1/s1. The first-order valence-electron chi connectivity index (χ1n) is 9.03. The van der Waals surface area contributed by atoms with Crippen molar-refractivity contribution in [2.24, 2.45) is 5.92 Å². The molecule has 0 bridgehead atoms. The zero-order valence-electron chi connectivity index (χ0n) is 15.7. The SMILES string of the molecule is CC1CCC(N(C)C(=O)[C@H]2CN(C(=O)OC(C)(C)C)CCO2)CC1. The third kappa shape index (κ3) is 5.10. The van der Waals surface area contributed by atoms with Crippen molar-refractivity contribution in [2.75, 3.05) is 26.7 Å². The number of amides is 2. The average Bonchev–Trinajstić information content (AvgIpc) is 2.53. The molecule has 1 aliphatic heterocycles. The van der Waals surface area contributed by atoms with Crippen LogP contribution >= 0.6 is 0 Å². The molecular formula is C18H32N2O4. The number of rotatable bonds is 2. The number of ether oxygens (including phenoxy) is 2. The fourth-order valence-corrected chi connectivity index (χ4v) is 3.33. The topological polar surface area (TPSA) is 59.1 Å². The molecule has 2 aliphatic rings. The van der Waals surface area contributed by atoms with Crippen molar-refractivity contribution in [3.8, 4) is 0 Å². The van der Waals surface area contributed by atoms with Crippen LogP contribution in [0.4, 0.5) is 4.79 Å². The lowest BCUT2D eigenvalue weighted by Crippen LogP contribution is -2.54. The summed E-state index contributed by atoms with van der Waals surface area (Å²) in [5.41, 5.74) is -0.537. The van der Waals surface area contributed by atoms with E-state index in [4.69, 9.17) is 9.47 Å². The molecule has 0 unspecified atom stereocenters. The van der Waals surface area contributed by atoms with Crippen molar-refractivity contribution in [2.45, 2.75) is 71.1 Å². The molecule has 1 saturated heterocycles. The van der Waals surface area contributed by atoms with E-state index >= 15 is 0 Å². The lowest BCUT2D eigenvalue weighted by molar-refractivity contribution is -0.150. The van der Waals surface area contributed by atoms with Crippen molar-refractivity contribution >= 4 is 12.0 Å². The van der Waals surface area contributed by atoms with Crippen LogP contribution in [-0.4, -0.2) is 66.3 Å². The predicted molar refractivity (Wildman–Crippen MR) is 91.7 cm³/mol. The zero-order valence-corrected chi connectivity index (χ0v) is 15.7. The number of carbonyl (C=O) groups is 2. The summed E-state index contributed by atoms with van der Waals surface area (Å²) >= 11 is 0. The van der Waals surface area contributed by atoms with Gasteiger partial charge in [0, 0.05) is 19.6 Å². The highest BCUT2D eigenvalue weighted by atomic mass is 16.6. The highest BCUT2D eigenvalue weighted by Gasteiger charge is 2.35. The Balaban J connectivity index is 1.91. The van der Waals surface area contributed by atoms with Gasteiger partial charge >= 0.3 is 6.09 Å². The van der Waals surface area contributed by atoms with Crippen LogP contribution in [0.25, 0.3) is 0 Å². The first-order valence-corrected chi connectivity index (χ1v) is 9.03. The van der Waals surface area contributed by atoms with Gasteiger partial charge in [-0.2, -0.15) is 0 Å². The van der Waals surface area contributed by atoms with Crippen LogP contribution < -0.4 is 0 Å². The van der Waals surface area contributed by atoms with Crippen LogP contribution in [-0.2, 0) is 14.3 Å². The van der Waals surface area contributed by atoms with Gasteiger partial charge in [0.2, 0.25) is 0 Å². The number of hydrogen-bond donors (Lipinski definition) is 0. The summed E-state index contributed by atoms with van der Waals surface area (Å²) in [7, 11) is 1.86. The van der Waals surface area contributed by atoms with E-state index in [9.17, 15) is 9.59 Å². The fourth-order valence-electron chi connectivity index (χ4n) is 3.33. The summed E-state index contributed by atoms with van der Waals surface area (Å²) in [5, 5.41) is 0. The summed E-state index contributed by atoms with van der Waals surface area (Å²) in [4.78, 5) is 28.4. The second kappa shape index (κ2) is 7.72. The van der Waals surface area contributed by atoms with E-state index in [-0.39, 0.29) is 24.6 Å². The molecule has 0 aromatic carbocycles. The molecule has 0 N–H and O–H groups in total. The second-order valence-electron chi connectivity index (χ2n) is 8.15. The molecule has 0 aromatic rings. The molecule has 1 heterocycles. The van der Waals surface area contributed by atoms with Gasteiger partial charge in [0.25, 0.3) is 5.91 Å². The Morgan fingerprint density at radius 1 is 1.17 bits per heavy atom. The van der Waals surface area contributed by atoms with Gasteiger partial charge in [0.15, 0.2) is 6.10 Å². The van der Waals surface area contributed by atoms with Crippen molar-refractivity contribution in [1.82, 2.24) is 9.80 Å². The lowest BCUT2D eigenvalue weighted by atomic mass is 9.86. The van der Waals surface area contributed by atoms with Crippen molar-refractivity contribution < 1.29 is 19.1 Å². The zero-order chi connectivity index (χ0) is 17.9. The van der Waals surface area contributed by atoms with Crippen LogP contribution in [0.5, 0.6) is 0 Å². The third-order valence-corrected chi connectivity index (χ3v) is 4.87. The summed E-state index contributed by atoms with van der Waals surface area (Å²) in [6.07, 6.45) is 3.46. The molecule has 0 spiro atoms. The summed E-state index contributed by atoms with van der Waals surface area (Å²) in [6.45, 7) is 8.88. The van der Waals surface area contributed by atoms with Gasteiger partial charge in [-0.25, -0.2) is 4.79 Å². The minimum Gasteiger partial charge on any atom is -0.444 e. The largest absolute Gasteiger partial charge is 0.444 e. The number of hydrogen-bond acceptors (Lipinski definition) is 4. The normalized spacial score (nSPS) is 28.4. The summed E-state index contributed by atoms with van der Waals surface area (Å²) < 4.78 is 11.0. The van der Waals surface area contributed by atoms with Crippen LogP contribution in [0, 0.1) is 5.92 Å². The highest BCUT2D eigenvalue weighted by molar-refractivity contribution is 5.82. The molecule has 6 heteroatoms. The van der Waals surface area contributed by atoms with Crippen molar-refractivity contribution in [3.63, 3.8) is 0 Å². The van der Waals surface area contributed by atoms with E-state index in [1.54, 1.807) is 4.90 Å². The molecule has 1 atom stereocenters. The summed E-state index contributed by atoms with van der Waals surface area (Å²) in [5.74, 6) is 0.723. The van der Waals surface area contributed by atoms with Crippen molar-refractivity contribution in [1.29, 1.82) is 0 Å². The van der Waals surface area contributed by atoms with Gasteiger partial charge in [-0.05, 0) is 52.4 Å². The predicted octanol–water partition coefficient (Wildman–Crippen LogP) is 2.66. The average molecular weight is 340 g/mol. The highest BCUT2D eigenvalue weighted by Crippen LogP contribution is 2.27. The smallest absolute Gasteiger partial charge is 0.410 e. The molecule has 2 fully saturated rings. The quantitative estimate of drug-likeness (QED) is 0.775. The Bertz CT molecular complexity index is 452. The van der Waals surface area contributed by atoms with E-state index in [0.29, 0.717) is 13.2 Å². The number of likely N-dealkylation sites (N-methyl/N-ethyl adjacent to an activating group) is 1. The van der Waals surface area contributed by atoms with Crippen LogP contribution in [0.2, 0.25) is 0 Å². The molecule has 1 aliphatic carbocycles. The minimum absolute atomic E-state index is 0.0252. The van der Waals surface area contributed by atoms with Gasteiger partial charge in [-0.3, -0.25) is 4.79 Å². The Morgan fingerprint density at radius 3 is 2.38 bits per heavy atom. The first-order chi connectivity index (χ1) is 11.2. The molecule has 2 rings (SSSR count). The summed E-state index contributed by atoms with van der Waals surface area (Å²) in [6, 6.07) is 0.286. The molecule has 2 amide bonds. The van der Waals surface area contributed by atoms with Crippen LogP contribution in [0.3, 0.4) is 0 Å². The second-order valence-corrected chi connectivity index (χ2v) is 8.15. The van der Waals surface area contributed by atoms with Crippen LogP contribution in [0.15, 0.2) is 0 Å². The molecule has 24 heavy (non-hydrogen) atoms. The molecular weight excluding hydrogens is 308 g/mol. The number of nitrogens with zero attached hydrogens (tertiary/aromatic N) is 2. The van der Waals surface area contributed by atoms with Gasteiger partial charge in [-0.1, -0.05) is 6.92 Å². The molecule has 1 saturated carbocycles. The molecule has 0 aromatic heterocycles. The van der Waals surface area contributed by atoms with E-state index in [2.05, 4.69) is 6.92 Å². The monoisotopic (exact) mass is 340 g/mol. The van der Waals surface area contributed by atoms with E-state index < -0.39 is 11.7 Å². The number of morpholine rings is 1. The minimum atomic E-state index is -0.587. The number of carbonyl (C=O) groups excluding carboxylic acids is 2. The Hall–Kier alpha value is -1.30. The van der Waals surface area contributed by atoms with E-state index in [0.717, 1.165) is 31.6 Å². The van der Waals surface area contributed by atoms with E-state index in [1.807, 2.05) is 32.7 Å². The first kappa shape index (κ1) is 19.0. The third-order valence-electron chi connectivity index (χ3n) is 4.87. The van der Waals surface area contributed by atoms with Gasteiger partial charge in [0.1, 0.15) is 5.60 Å². The molecule has 6 nitrogen and oxygen atoms in total. The fraction of sp³-hybridized carbons (Fsp3) is 0.889. The van der Waals surface area contributed by atoms with Crippen molar-refractivity contribution in [3.05, 3.63) is 0 Å². The Labute approximate surface area is 145 Å². The lowest BCUT2D eigenvalue weighted by Gasteiger charge is -2.38. The van der Waals surface area contributed by atoms with Crippen LogP contribution in [0.1, 0.15) is 53.4 Å². The maximum Gasteiger partial charge on any atom is 0.410 e. The van der Waals surface area contributed by atoms with Gasteiger partial charge < -0.3 is 19.3 Å². The molecule has 138 valence electrons. The Morgan fingerprint density at radius 2 is 1.79 bits per heavy atom.